The number of rotatable bonds is 6. The van der Waals surface area contributed by atoms with Crippen LogP contribution in [0.5, 0.6) is 0 Å². The van der Waals surface area contributed by atoms with Gasteiger partial charge in [-0.25, -0.2) is 9.97 Å². The molecule has 1 aromatic heterocycles. The fourth-order valence-electron chi connectivity index (χ4n) is 0.975. The minimum atomic E-state index is 0.672. The molecule has 5 heteroatoms. The second-order valence-electron chi connectivity index (χ2n) is 2.85. The molecule has 78 valence electrons. The van der Waals surface area contributed by atoms with Crippen molar-refractivity contribution >= 4 is 21.9 Å². The predicted octanol–water partition coefficient (Wildman–Crippen LogP) is 2.08. The third-order valence-corrected chi connectivity index (χ3v) is 2.09. The second kappa shape index (κ2) is 6.73. The molecular weight excluding hydrogens is 246 g/mol. The topological polar surface area (TPSA) is 47.0 Å². The Morgan fingerprint density at radius 3 is 2.71 bits per heavy atom. The molecule has 0 aliphatic carbocycles. The van der Waals surface area contributed by atoms with E-state index in [0.717, 1.165) is 30.5 Å². The zero-order valence-electron chi connectivity index (χ0n) is 8.16. The predicted molar refractivity (Wildman–Crippen MR) is 59.3 cm³/mol. The van der Waals surface area contributed by atoms with E-state index in [1.165, 1.54) is 0 Å². The van der Waals surface area contributed by atoms with Crippen LogP contribution >= 0.6 is 15.9 Å². The molecule has 0 bridgehead atoms. The Bertz CT molecular complexity index is 253. The van der Waals surface area contributed by atoms with Crippen molar-refractivity contribution in [1.82, 2.24) is 9.97 Å². The molecule has 0 saturated heterocycles. The van der Waals surface area contributed by atoms with Gasteiger partial charge in [-0.3, -0.25) is 0 Å². The maximum Gasteiger partial charge on any atom is 0.222 e. The van der Waals surface area contributed by atoms with Gasteiger partial charge in [0, 0.05) is 32.7 Å². The fraction of sp³-hybridized carbons (Fsp3) is 0.556. The van der Waals surface area contributed by atoms with Gasteiger partial charge in [-0.05, 0) is 28.8 Å². The Morgan fingerprint density at radius 1 is 1.36 bits per heavy atom. The average molecular weight is 260 g/mol. The molecule has 14 heavy (non-hydrogen) atoms. The maximum absolute atomic E-state index is 4.94. The molecular formula is C9H14BrN3O. The Kier molecular flexibility index (Phi) is 5.47. The van der Waals surface area contributed by atoms with E-state index in [0.29, 0.717) is 5.95 Å². The van der Waals surface area contributed by atoms with Crippen LogP contribution in [-0.4, -0.2) is 30.2 Å². The van der Waals surface area contributed by atoms with Crippen LogP contribution in [0.3, 0.4) is 0 Å². The molecule has 0 fully saturated rings. The molecule has 1 heterocycles. The quantitative estimate of drug-likeness (QED) is 0.795. The van der Waals surface area contributed by atoms with E-state index in [4.69, 9.17) is 4.74 Å². The van der Waals surface area contributed by atoms with Crippen LogP contribution in [0.1, 0.15) is 12.8 Å². The van der Waals surface area contributed by atoms with E-state index in [2.05, 4.69) is 31.2 Å². The number of unbranched alkanes of at least 4 members (excludes halogenated alkanes) is 1. The molecule has 0 aromatic carbocycles. The van der Waals surface area contributed by atoms with Crippen molar-refractivity contribution in [2.24, 2.45) is 0 Å². The SMILES string of the molecule is COCCCCNc1ncc(Br)cn1. The molecule has 0 unspecified atom stereocenters. The van der Waals surface area contributed by atoms with E-state index in [9.17, 15) is 0 Å². The van der Waals surface area contributed by atoms with Crippen LogP contribution in [0.25, 0.3) is 0 Å². The summed E-state index contributed by atoms with van der Waals surface area (Å²) in [5.41, 5.74) is 0. The van der Waals surface area contributed by atoms with Crippen molar-refractivity contribution < 1.29 is 4.74 Å². The Morgan fingerprint density at radius 2 is 2.07 bits per heavy atom. The highest BCUT2D eigenvalue weighted by molar-refractivity contribution is 9.10. The summed E-state index contributed by atoms with van der Waals surface area (Å²) in [6.45, 7) is 1.69. The van der Waals surface area contributed by atoms with Crippen LogP contribution in [0.15, 0.2) is 16.9 Å². The van der Waals surface area contributed by atoms with Gasteiger partial charge in [-0.15, -0.1) is 0 Å². The fourth-order valence-corrected chi connectivity index (χ4v) is 1.18. The molecule has 0 amide bonds. The minimum absolute atomic E-state index is 0.672. The Balaban J connectivity index is 2.15. The summed E-state index contributed by atoms with van der Waals surface area (Å²) in [4.78, 5) is 8.19. The Labute approximate surface area is 92.2 Å². The summed E-state index contributed by atoms with van der Waals surface area (Å²) in [6, 6.07) is 0. The summed E-state index contributed by atoms with van der Waals surface area (Å²) < 4.78 is 5.84. The lowest BCUT2D eigenvalue weighted by Crippen LogP contribution is -2.05. The Hall–Kier alpha value is -0.680. The van der Waals surface area contributed by atoms with Crippen LogP contribution in [-0.2, 0) is 4.74 Å². The van der Waals surface area contributed by atoms with Gasteiger partial charge < -0.3 is 10.1 Å². The molecule has 4 nitrogen and oxygen atoms in total. The lowest BCUT2D eigenvalue weighted by molar-refractivity contribution is 0.193. The molecule has 0 atom stereocenters. The first-order chi connectivity index (χ1) is 6.83. The smallest absolute Gasteiger partial charge is 0.222 e. The van der Waals surface area contributed by atoms with Crippen molar-refractivity contribution in [3.63, 3.8) is 0 Å². The minimum Gasteiger partial charge on any atom is -0.385 e. The highest BCUT2D eigenvalue weighted by Crippen LogP contribution is 2.06. The molecule has 1 N–H and O–H groups in total. The molecule has 0 aliphatic rings. The lowest BCUT2D eigenvalue weighted by Gasteiger charge is -2.03. The number of aromatic nitrogens is 2. The third kappa shape index (κ3) is 4.53. The first kappa shape index (κ1) is 11.4. The van der Waals surface area contributed by atoms with Crippen LogP contribution in [0, 0.1) is 0 Å². The molecule has 0 aliphatic heterocycles. The third-order valence-electron chi connectivity index (χ3n) is 1.68. The summed E-state index contributed by atoms with van der Waals surface area (Å²) in [6.07, 6.45) is 5.57. The van der Waals surface area contributed by atoms with Gasteiger partial charge in [-0.2, -0.15) is 0 Å². The molecule has 0 radical (unpaired) electrons. The molecule has 0 spiro atoms. The zero-order chi connectivity index (χ0) is 10.2. The van der Waals surface area contributed by atoms with Gasteiger partial charge in [0.25, 0.3) is 0 Å². The number of nitrogens with zero attached hydrogens (tertiary/aromatic N) is 2. The second-order valence-corrected chi connectivity index (χ2v) is 3.77. The van der Waals surface area contributed by atoms with E-state index in [-0.39, 0.29) is 0 Å². The number of hydrogen-bond donors (Lipinski definition) is 1. The zero-order valence-corrected chi connectivity index (χ0v) is 9.75. The van der Waals surface area contributed by atoms with Crippen LogP contribution in [0.2, 0.25) is 0 Å². The van der Waals surface area contributed by atoms with Gasteiger partial charge in [-0.1, -0.05) is 0 Å². The largest absolute Gasteiger partial charge is 0.385 e. The number of ether oxygens (including phenoxy) is 1. The van der Waals surface area contributed by atoms with Gasteiger partial charge in [0.15, 0.2) is 0 Å². The van der Waals surface area contributed by atoms with E-state index in [1.807, 2.05) is 0 Å². The van der Waals surface area contributed by atoms with Crippen molar-refractivity contribution in [3.05, 3.63) is 16.9 Å². The molecule has 1 rings (SSSR count). The highest BCUT2D eigenvalue weighted by atomic mass is 79.9. The van der Waals surface area contributed by atoms with Crippen LogP contribution in [0.4, 0.5) is 5.95 Å². The number of halogens is 1. The van der Waals surface area contributed by atoms with Gasteiger partial charge in [0.05, 0.1) is 4.47 Å². The van der Waals surface area contributed by atoms with Crippen molar-refractivity contribution in [1.29, 1.82) is 0 Å². The summed E-state index contributed by atoms with van der Waals surface area (Å²) in [5, 5.41) is 3.13. The van der Waals surface area contributed by atoms with Crippen molar-refractivity contribution in [2.75, 3.05) is 25.6 Å². The van der Waals surface area contributed by atoms with Crippen molar-refractivity contribution in [2.45, 2.75) is 12.8 Å². The summed E-state index contributed by atoms with van der Waals surface area (Å²) >= 11 is 3.28. The van der Waals surface area contributed by atoms with Gasteiger partial charge in [0.2, 0.25) is 5.95 Å². The lowest BCUT2D eigenvalue weighted by atomic mass is 10.3. The highest BCUT2D eigenvalue weighted by Gasteiger charge is 1.94. The monoisotopic (exact) mass is 259 g/mol. The summed E-state index contributed by atoms with van der Waals surface area (Å²) in [5.74, 6) is 0.672. The number of methoxy groups -OCH3 is 1. The number of anilines is 1. The van der Waals surface area contributed by atoms with E-state index >= 15 is 0 Å². The maximum atomic E-state index is 4.94. The average Bonchev–Trinajstić information content (AvgIpc) is 2.21. The van der Waals surface area contributed by atoms with E-state index < -0.39 is 0 Å². The van der Waals surface area contributed by atoms with Crippen LogP contribution < -0.4 is 5.32 Å². The number of nitrogens with one attached hydrogen (secondary N) is 1. The summed E-state index contributed by atoms with van der Waals surface area (Å²) in [7, 11) is 1.71. The molecule has 1 aromatic rings. The van der Waals surface area contributed by atoms with Gasteiger partial charge >= 0.3 is 0 Å². The molecule has 0 saturated carbocycles. The van der Waals surface area contributed by atoms with Gasteiger partial charge in [0.1, 0.15) is 0 Å². The first-order valence-corrected chi connectivity index (χ1v) is 5.32. The standard InChI is InChI=1S/C9H14BrN3O/c1-14-5-3-2-4-11-9-12-6-8(10)7-13-9/h6-7H,2-5H2,1H3,(H,11,12,13). The van der Waals surface area contributed by atoms with E-state index in [1.54, 1.807) is 19.5 Å². The normalized spacial score (nSPS) is 10.1. The first-order valence-electron chi connectivity index (χ1n) is 4.53. The van der Waals surface area contributed by atoms with Crippen molar-refractivity contribution in [3.8, 4) is 0 Å². The number of hydrogen-bond acceptors (Lipinski definition) is 4.